The van der Waals surface area contributed by atoms with Gasteiger partial charge in [0.15, 0.2) is 0 Å². The van der Waals surface area contributed by atoms with Crippen molar-refractivity contribution in [2.45, 2.75) is 39.5 Å². The largest absolute Gasteiger partial charge is 0.466 e. The molecule has 1 saturated heterocycles. The van der Waals surface area contributed by atoms with Gasteiger partial charge < -0.3 is 9.64 Å². The van der Waals surface area contributed by atoms with E-state index in [2.05, 4.69) is 11.8 Å². The minimum Gasteiger partial charge on any atom is -0.466 e. The molecule has 1 heterocycles. The molecule has 0 radical (unpaired) electrons. The van der Waals surface area contributed by atoms with Crippen molar-refractivity contribution < 1.29 is 9.53 Å². The molecule has 88 valence electrons. The number of carbonyl (C=O) groups is 1. The molecule has 1 unspecified atom stereocenters. The second-order valence-electron chi connectivity index (χ2n) is 4.24. The molecule has 0 N–H and O–H groups in total. The lowest BCUT2D eigenvalue weighted by atomic mass is 9.97. The summed E-state index contributed by atoms with van der Waals surface area (Å²) < 4.78 is 4.99. The Labute approximate surface area is 92.8 Å². The maximum Gasteiger partial charge on any atom is 0.306 e. The van der Waals surface area contributed by atoms with Crippen LogP contribution >= 0.6 is 0 Å². The number of esters is 1. The highest BCUT2D eigenvalue weighted by Crippen LogP contribution is 2.20. The molecule has 15 heavy (non-hydrogen) atoms. The summed E-state index contributed by atoms with van der Waals surface area (Å²) in [5.41, 5.74) is 0. The number of rotatable bonds is 4. The number of nitrogens with zero attached hydrogens (tertiary/aromatic N) is 1. The van der Waals surface area contributed by atoms with Crippen molar-refractivity contribution in [3.8, 4) is 0 Å². The summed E-state index contributed by atoms with van der Waals surface area (Å²) in [5.74, 6) is 0.521. The minimum atomic E-state index is -0.0209. The number of hydrogen-bond donors (Lipinski definition) is 0. The average molecular weight is 213 g/mol. The molecular formula is C12H23NO2. The zero-order chi connectivity index (χ0) is 11.1. The Bertz CT molecular complexity index is 194. The van der Waals surface area contributed by atoms with Crippen LogP contribution in [-0.2, 0) is 9.53 Å². The van der Waals surface area contributed by atoms with Gasteiger partial charge in [-0.3, -0.25) is 4.79 Å². The van der Waals surface area contributed by atoms with E-state index < -0.39 is 0 Å². The lowest BCUT2D eigenvalue weighted by Gasteiger charge is -2.17. The fraction of sp³-hybridized carbons (Fsp3) is 0.917. The van der Waals surface area contributed by atoms with Gasteiger partial charge in [0.25, 0.3) is 0 Å². The van der Waals surface area contributed by atoms with Gasteiger partial charge in [0, 0.05) is 6.42 Å². The van der Waals surface area contributed by atoms with E-state index in [1.165, 1.54) is 19.4 Å². The van der Waals surface area contributed by atoms with Crippen LogP contribution in [0.5, 0.6) is 0 Å². The smallest absolute Gasteiger partial charge is 0.306 e. The highest BCUT2D eigenvalue weighted by Gasteiger charge is 2.19. The second kappa shape index (κ2) is 6.83. The average Bonchev–Trinajstić information content (AvgIpc) is 2.43. The molecule has 0 saturated carbocycles. The second-order valence-corrected chi connectivity index (χ2v) is 4.24. The summed E-state index contributed by atoms with van der Waals surface area (Å²) in [5, 5.41) is 0. The Kier molecular flexibility index (Phi) is 5.69. The third-order valence-corrected chi connectivity index (χ3v) is 3.15. The summed E-state index contributed by atoms with van der Waals surface area (Å²) >= 11 is 0. The van der Waals surface area contributed by atoms with Crippen molar-refractivity contribution in [1.29, 1.82) is 0 Å². The molecule has 0 bridgehead atoms. The first-order valence-electron chi connectivity index (χ1n) is 6.14. The van der Waals surface area contributed by atoms with Crippen LogP contribution in [0.25, 0.3) is 0 Å². The van der Waals surface area contributed by atoms with Crippen LogP contribution in [0.15, 0.2) is 0 Å². The van der Waals surface area contributed by atoms with E-state index in [9.17, 15) is 4.79 Å². The fourth-order valence-electron chi connectivity index (χ4n) is 2.20. The van der Waals surface area contributed by atoms with E-state index >= 15 is 0 Å². The Morgan fingerprint density at radius 2 is 2.13 bits per heavy atom. The maximum absolute atomic E-state index is 11.3. The molecule has 1 fully saturated rings. The predicted octanol–water partition coefficient (Wildman–Crippen LogP) is 2.06. The molecule has 0 aromatic rings. The molecule has 3 heteroatoms. The summed E-state index contributed by atoms with van der Waals surface area (Å²) in [4.78, 5) is 13.8. The van der Waals surface area contributed by atoms with Gasteiger partial charge in [-0.25, -0.2) is 0 Å². The first kappa shape index (κ1) is 12.5. The van der Waals surface area contributed by atoms with E-state index in [1.807, 2.05) is 6.92 Å². The van der Waals surface area contributed by atoms with Gasteiger partial charge in [-0.15, -0.1) is 0 Å². The lowest BCUT2D eigenvalue weighted by Crippen LogP contribution is -2.24. The van der Waals surface area contributed by atoms with Crippen LogP contribution < -0.4 is 0 Å². The SMILES string of the molecule is CCOC(=O)CC1CCCN(CC)CC1. The lowest BCUT2D eigenvalue weighted by molar-refractivity contribution is -0.144. The Hall–Kier alpha value is -0.570. The molecule has 1 rings (SSSR count). The Morgan fingerprint density at radius 3 is 2.80 bits per heavy atom. The first-order chi connectivity index (χ1) is 7.26. The number of hydrogen-bond acceptors (Lipinski definition) is 3. The van der Waals surface area contributed by atoms with Crippen molar-refractivity contribution in [1.82, 2.24) is 4.90 Å². The highest BCUT2D eigenvalue weighted by atomic mass is 16.5. The molecule has 3 nitrogen and oxygen atoms in total. The molecule has 0 aromatic heterocycles. The van der Waals surface area contributed by atoms with Gasteiger partial charge in [-0.2, -0.15) is 0 Å². The maximum atomic E-state index is 11.3. The van der Waals surface area contributed by atoms with E-state index in [4.69, 9.17) is 4.74 Å². The topological polar surface area (TPSA) is 29.5 Å². The quantitative estimate of drug-likeness (QED) is 0.669. The van der Waals surface area contributed by atoms with Crippen LogP contribution in [0.1, 0.15) is 39.5 Å². The van der Waals surface area contributed by atoms with Gasteiger partial charge in [0.2, 0.25) is 0 Å². The normalized spacial score (nSPS) is 23.5. The molecule has 1 atom stereocenters. The van der Waals surface area contributed by atoms with Crippen molar-refractivity contribution in [2.75, 3.05) is 26.2 Å². The summed E-state index contributed by atoms with van der Waals surface area (Å²) in [6, 6.07) is 0. The molecule has 0 spiro atoms. The third-order valence-electron chi connectivity index (χ3n) is 3.15. The van der Waals surface area contributed by atoms with Crippen LogP contribution in [0, 0.1) is 5.92 Å². The predicted molar refractivity (Wildman–Crippen MR) is 60.7 cm³/mol. The van der Waals surface area contributed by atoms with Crippen LogP contribution in [-0.4, -0.2) is 37.1 Å². The van der Waals surface area contributed by atoms with E-state index in [1.54, 1.807) is 0 Å². The van der Waals surface area contributed by atoms with Gasteiger partial charge in [0.05, 0.1) is 6.61 Å². The van der Waals surface area contributed by atoms with Crippen LogP contribution in [0.4, 0.5) is 0 Å². The van der Waals surface area contributed by atoms with E-state index in [0.717, 1.165) is 19.5 Å². The van der Waals surface area contributed by atoms with E-state index in [-0.39, 0.29) is 5.97 Å². The van der Waals surface area contributed by atoms with Gasteiger partial charge in [-0.1, -0.05) is 6.92 Å². The summed E-state index contributed by atoms with van der Waals surface area (Å²) in [7, 11) is 0. The zero-order valence-corrected chi connectivity index (χ0v) is 10.00. The summed E-state index contributed by atoms with van der Waals surface area (Å²) in [6.07, 6.45) is 4.16. The van der Waals surface area contributed by atoms with Gasteiger partial charge in [-0.05, 0) is 51.7 Å². The standard InChI is InChI=1S/C12H23NO2/c1-3-13-8-5-6-11(7-9-13)10-12(14)15-4-2/h11H,3-10H2,1-2H3. The number of ether oxygens (including phenoxy) is 1. The highest BCUT2D eigenvalue weighted by molar-refractivity contribution is 5.69. The molecule has 1 aliphatic heterocycles. The minimum absolute atomic E-state index is 0.0209. The van der Waals surface area contributed by atoms with Gasteiger partial charge in [0.1, 0.15) is 0 Å². The molecule has 0 amide bonds. The Morgan fingerprint density at radius 1 is 1.33 bits per heavy atom. The van der Waals surface area contributed by atoms with Crippen molar-refractivity contribution in [3.63, 3.8) is 0 Å². The monoisotopic (exact) mass is 213 g/mol. The zero-order valence-electron chi connectivity index (χ0n) is 10.00. The summed E-state index contributed by atoms with van der Waals surface area (Å²) in [6.45, 7) is 8.03. The number of carbonyl (C=O) groups excluding carboxylic acids is 1. The van der Waals surface area contributed by atoms with Gasteiger partial charge >= 0.3 is 5.97 Å². The van der Waals surface area contributed by atoms with Crippen LogP contribution in [0.3, 0.4) is 0 Å². The first-order valence-corrected chi connectivity index (χ1v) is 6.14. The van der Waals surface area contributed by atoms with Crippen molar-refractivity contribution in [3.05, 3.63) is 0 Å². The molecule has 0 aliphatic carbocycles. The van der Waals surface area contributed by atoms with E-state index in [0.29, 0.717) is 18.9 Å². The van der Waals surface area contributed by atoms with Crippen molar-refractivity contribution >= 4 is 5.97 Å². The Balaban J connectivity index is 2.27. The molecule has 0 aromatic carbocycles. The molecule has 1 aliphatic rings. The molecular weight excluding hydrogens is 190 g/mol. The van der Waals surface area contributed by atoms with Crippen molar-refractivity contribution in [2.24, 2.45) is 5.92 Å². The fourth-order valence-corrected chi connectivity index (χ4v) is 2.20. The number of likely N-dealkylation sites (tertiary alicyclic amines) is 1. The third kappa shape index (κ3) is 4.65. The van der Waals surface area contributed by atoms with Crippen LogP contribution in [0.2, 0.25) is 0 Å².